The van der Waals surface area contributed by atoms with Gasteiger partial charge >= 0.3 is 0 Å². The number of hydrogen-bond acceptors (Lipinski definition) is 2. The highest BCUT2D eigenvalue weighted by Crippen LogP contribution is 2.25. The Hall–Kier alpha value is -2.01. The van der Waals surface area contributed by atoms with Crippen LogP contribution in [0.25, 0.3) is 0 Å². The topological polar surface area (TPSA) is 47.6 Å². The van der Waals surface area contributed by atoms with Gasteiger partial charge < -0.3 is 0 Å². The Morgan fingerprint density at radius 1 is 1.07 bits per heavy atom. The lowest BCUT2D eigenvalue weighted by Gasteiger charge is -2.08. The summed E-state index contributed by atoms with van der Waals surface area (Å²) in [5.41, 5.74) is -1.53. The fourth-order valence-corrected chi connectivity index (χ4v) is 1.27. The second kappa shape index (κ2) is 4.02. The molecule has 0 aliphatic carbocycles. The van der Waals surface area contributed by atoms with Crippen LogP contribution >= 0.6 is 0 Å². The van der Waals surface area contributed by atoms with Crippen LogP contribution in [0, 0.1) is 41.2 Å². The molecule has 0 heterocycles. The number of nitrogens with zero attached hydrogens (tertiary/aromatic N) is 2. The predicted molar refractivity (Wildman–Crippen MR) is 45.3 cm³/mol. The summed E-state index contributed by atoms with van der Waals surface area (Å²) in [7, 11) is 0. The number of alkyl halides is 1. The van der Waals surface area contributed by atoms with Crippen LogP contribution in [0.1, 0.15) is 22.3 Å². The van der Waals surface area contributed by atoms with Gasteiger partial charge in [0.1, 0.15) is 18.8 Å². The third-order valence-electron chi connectivity index (χ3n) is 2.12. The van der Waals surface area contributed by atoms with Crippen molar-refractivity contribution in [1.82, 2.24) is 0 Å². The molecule has 0 aromatic heterocycles. The normalized spacial score (nSPS) is 9.47. The number of benzene rings is 1. The fraction of sp³-hybridized carbons (Fsp3) is 0.200. The average molecular weight is 210 g/mol. The fourth-order valence-electron chi connectivity index (χ4n) is 1.27. The van der Waals surface area contributed by atoms with E-state index < -0.39 is 29.4 Å². The second-order valence-electron chi connectivity index (χ2n) is 2.84. The molecule has 0 amide bonds. The molecule has 0 saturated heterocycles. The minimum absolute atomic E-state index is 0.0320. The first kappa shape index (κ1) is 11.1. The van der Waals surface area contributed by atoms with Crippen LogP contribution in [0.4, 0.5) is 13.2 Å². The van der Waals surface area contributed by atoms with E-state index in [1.54, 1.807) is 0 Å². The van der Waals surface area contributed by atoms with Crippen molar-refractivity contribution in [3.63, 3.8) is 0 Å². The van der Waals surface area contributed by atoms with Crippen LogP contribution in [-0.4, -0.2) is 0 Å². The smallest absolute Gasteiger partial charge is 0.178 e. The molecule has 0 aliphatic rings. The average Bonchev–Trinajstić information content (AvgIpc) is 2.23. The van der Waals surface area contributed by atoms with E-state index in [0.29, 0.717) is 0 Å². The van der Waals surface area contributed by atoms with Gasteiger partial charge in [-0.3, -0.25) is 0 Å². The standard InChI is InChI=1S/C10H5F3N2/c1-5-6(2-11)8(4-15)10(13)9(12)7(5)3-14/h2H2,1H3. The number of hydrogen-bond donors (Lipinski definition) is 0. The first-order valence-electron chi connectivity index (χ1n) is 3.95. The molecule has 76 valence electrons. The van der Waals surface area contributed by atoms with Crippen LogP contribution in [0.3, 0.4) is 0 Å². The Balaban J connectivity index is 3.77. The summed E-state index contributed by atoms with van der Waals surface area (Å²) in [5.74, 6) is -2.86. The van der Waals surface area contributed by atoms with Gasteiger partial charge in [-0.25, -0.2) is 13.2 Å². The maximum absolute atomic E-state index is 13.2. The maximum atomic E-state index is 13.2. The van der Waals surface area contributed by atoms with Gasteiger partial charge in [0.2, 0.25) is 0 Å². The van der Waals surface area contributed by atoms with Crippen LogP contribution in [0.5, 0.6) is 0 Å². The summed E-state index contributed by atoms with van der Waals surface area (Å²) in [6.45, 7) is 0.164. The van der Waals surface area contributed by atoms with Crippen molar-refractivity contribution in [3.8, 4) is 12.1 Å². The van der Waals surface area contributed by atoms with Crippen molar-refractivity contribution in [1.29, 1.82) is 10.5 Å². The van der Waals surface area contributed by atoms with Gasteiger partial charge in [0, 0.05) is 5.56 Å². The molecule has 5 heteroatoms. The Morgan fingerprint density at radius 3 is 1.93 bits per heavy atom. The van der Waals surface area contributed by atoms with Gasteiger partial charge in [0.05, 0.1) is 11.1 Å². The van der Waals surface area contributed by atoms with Crippen molar-refractivity contribution >= 4 is 0 Å². The molecule has 0 radical (unpaired) electrons. The molecule has 1 aromatic rings. The molecule has 0 fully saturated rings. The molecular formula is C10H5F3N2. The monoisotopic (exact) mass is 210 g/mol. The van der Waals surface area contributed by atoms with Crippen molar-refractivity contribution in [2.75, 3.05) is 0 Å². The Bertz CT molecular complexity index is 495. The summed E-state index contributed by atoms with van der Waals surface area (Å²) in [6.07, 6.45) is 0. The summed E-state index contributed by atoms with van der Waals surface area (Å²) in [6, 6.07) is 2.82. The Morgan fingerprint density at radius 2 is 1.53 bits per heavy atom. The predicted octanol–water partition coefficient (Wildman–Crippen LogP) is 2.49. The lowest BCUT2D eigenvalue weighted by Crippen LogP contribution is -2.04. The minimum Gasteiger partial charge on any atom is -0.246 e. The summed E-state index contributed by atoms with van der Waals surface area (Å²) < 4.78 is 38.8. The molecule has 0 N–H and O–H groups in total. The van der Waals surface area contributed by atoms with Crippen LogP contribution < -0.4 is 0 Å². The van der Waals surface area contributed by atoms with E-state index in [2.05, 4.69) is 0 Å². The SMILES string of the molecule is Cc1c(C#N)c(F)c(F)c(C#N)c1CF. The largest absolute Gasteiger partial charge is 0.246 e. The van der Waals surface area contributed by atoms with E-state index in [4.69, 9.17) is 10.5 Å². The van der Waals surface area contributed by atoms with E-state index >= 15 is 0 Å². The van der Waals surface area contributed by atoms with E-state index in [1.807, 2.05) is 0 Å². The van der Waals surface area contributed by atoms with E-state index in [0.717, 1.165) is 0 Å². The van der Waals surface area contributed by atoms with Gasteiger partial charge in [-0.15, -0.1) is 0 Å². The van der Waals surface area contributed by atoms with E-state index in [1.165, 1.54) is 19.1 Å². The van der Waals surface area contributed by atoms with Crippen molar-refractivity contribution < 1.29 is 13.2 Å². The number of rotatable bonds is 1. The van der Waals surface area contributed by atoms with Crippen LogP contribution in [-0.2, 0) is 6.67 Å². The van der Waals surface area contributed by atoms with Crippen LogP contribution in [0.2, 0.25) is 0 Å². The lowest BCUT2D eigenvalue weighted by molar-refractivity contribution is 0.467. The summed E-state index contributed by atoms with van der Waals surface area (Å²) in [4.78, 5) is 0. The molecule has 2 nitrogen and oxygen atoms in total. The van der Waals surface area contributed by atoms with Crippen LogP contribution in [0.15, 0.2) is 0 Å². The van der Waals surface area contributed by atoms with Gasteiger partial charge in [-0.2, -0.15) is 10.5 Å². The molecule has 1 aromatic carbocycles. The molecule has 1 rings (SSSR count). The zero-order valence-corrected chi connectivity index (χ0v) is 7.74. The Labute approximate surface area is 84.2 Å². The van der Waals surface area contributed by atoms with Crippen molar-refractivity contribution in [2.24, 2.45) is 0 Å². The molecule has 0 saturated carbocycles. The van der Waals surface area contributed by atoms with Crippen molar-refractivity contribution in [3.05, 3.63) is 33.9 Å². The Kier molecular flexibility index (Phi) is 2.96. The molecule has 0 spiro atoms. The van der Waals surface area contributed by atoms with Gasteiger partial charge in [0.25, 0.3) is 0 Å². The summed E-state index contributed by atoms with van der Waals surface area (Å²) in [5, 5.41) is 17.1. The highest BCUT2D eigenvalue weighted by Gasteiger charge is 2.21. The van der Waals surface area contributed by atoms with Gasteiger partial charge in [0.15, 0.2) is 11.6 Å². The zero-order chi connectivity index (χ0) is 11.6. The number of halogens is 3. The highest BCUT2D eigenvalue weighted by atomic mass is 19.2. The zero-order valence-electron chi connectivity index (χ0n) is 7.74. The van der Waals surface area contributed by atoms with E-state index in [-0.39, 0.29) is 11.1 Å². The molecular weight excluding hydrogens is 205 g/mol. The van der Waals surface area contributed by atoms with Crippen molar-refractivity contribution in [2.45, 2.75) is 13.6 Å². The first-order valence-corrected chi connectivity index (χ1v) is 3.95. The minimum atomic E-state index is -1.47. The van der Waals surface area contributed by atoms with E-state index in [9.17, 15) is 13.2 Å². The molecule has 0 bridgehead atoms. The quantitative estimate of drug-likeness (QED) is 0.714. The third kappa shape index (κ3) is 1.53. The first-order chi connectivity index (χ1) is 7.08. The third-order valence-corrected chi connectivity index (χ3v) is 2.12. The summed E-state index contributed by atoms with van der Waals surface area (Å²) >= 11 is 0. The molecule has 15 heavy (non-hydrogen) atoms. The lowest BCUT2D eigenvalue weighted by atomic mass is 9.97. The number of nitriles is 2. The second-order valence-corrected chi connectivity index (χ2v) is 2.84. The molecule has 0 unspecified atom stereocenters. The van der Waals surface area contributed by atoms with Gasteiger partial charge in [-0.1, -0.05) is 0 Å². The van der Waals surface area contributed by atoms with Gasteiger partial charge in [-0.05, 0) is 12.5 Å². The maximum Gasteiger partial charge on any atom is 0.178 e. The molecule has 0 atom stereocenters. The highest BCUT2D eigenvalue weighted by molar-refractivity contribution is 5.52. The molecule has 0 aliphatic heterocycles.